The van der Waals surface area contributed by atoms with Gasteiger partial charge in [-0.1, -0.05) is 75.6 Å². The summed E-state index contributed by atoms with van der Waals surface area (Å²) in [5.41, 5.74) is 2.99. The molecule has 0 unspecified atom stereocenters. The van der Waals surface area contributed by atoms with Gasteiger partial charge >= 0.3 is 0 Å². The Morgan fingerprint density at radius 3 is 2.40 bits per heavy atom. The first-order valence-electron chi connectivity index (χ1n) is 14.6. The molecule has 6 heteroatoms. The third kappa shape index (κ3) is 8.67. The van der Waals surface area contributed by atoms with E-state index < -0.39 is 0 Å². The lowest BCUT2D eigenvalue weighted by atomic mass is 9.94. The molecule has 0 saturated heterocycles. The smallest absolute Gasteiger partial charge is 0.247 e. The summed E-state index contributed by atoms with van der Waals surface area (Å²) in [5.74, 6) is 0.0289. The van der Waals surface area contributed by atoms with Gasteiger partial charge in [-0.05, 0) is 66.6 Å². The van der Waals surface area contributed by atoms with E-state index in [1.807, 2.05) is 53.6 Å². The van der Waals surface area contributed by atoms with Gasteiger partial charge in [0.25, 0.3) is 0 Å². The van der Waals surface area contributed by atoms with Crippen LogP contribution in [0.3, 0.4) is 0 Å². The van der Waals surface area contributed by atoms with Gasteiger partial charge in [0.05, 0.1) is 6.54 Å². The highest BCUT2D eigenvalue weighted by Gasteiger charge is 2.28. The SMILES string of the molecule is CC(C)CCN(CC(=O)N(Cc1cccn1Cc1ccc(F)cc1)C1CCCCC1)C(=O)C=Cc1ccccc1. The van der Waals surface area contributed by atoms with Gasteiger partial charge in [0.1, 0.15) is 12.4 Å². The Balaban J connectivity index is 1.52. The van der Waals surface area contributed by atoms with Crippen LogP contribution in [0.25, 0.3) is 6.08 Å². The molecular weight excluding hydrogens is 501 g/mol. The topological polar surface area (TPSA) is 45.6 Å². The molecule has 1 fully saturated rings. The van der Waals surface area contributed by atoms with Crippen LogP contribution in [0.2, 0.25) is 0 Å². The summed E-state index contributed by atoms with van der Waals surface area (Å²) < 4.78 is 15.5. The molecule has 0 atom stereocenters. The molecule has 4 rings (SSSR count). The highest BCUT2D eigenvalue weighted by molar-refractivity contribution is 5.94. The number of aromatic nitrogens is 1. The Bertz CT molecular complexity index is 1240. The van der Waals surface area contributed by atoms with Gasteiger partial charge in [-0.2, -0.15) is 0 Å². The predicted octanol–water partition coefficient (Wildman–Crippen LogP) is 6.92. The Morgan fingerprint density at radius 1 is 0.975 bits per heavy atom. The molecule has 0 aliphatic heterocycles. The van der Waals surface area contributed by atoms with Crippen LogP contribution in [0.4, 0.5) is 4.39 Å². The minimum absolute atomic E-state index is 0.00773. The van der Waals surface area contributed by atoms with Crippen LogP contribution in [0.1, 0.15) is 69.2 Å². The van der Waals surface area contributed by atoms with Crippen molar-refractivity contribution in [3.63, 3.8) is 0 Å². The zero-order chi connectivity index (χ0) is 28.3. The van der Waals surface area contributed by atoms with Crippen LogP contribution in [0, 0.1) is 11.7 Å². The van der Waals surface area contributed by atoms with Crippen molar-refractivity contribution in [1.82, 2.24) is 14.4 Å². The second-order valence-electron chi connectivity index (χ2n) is 11.3. The van der Waals surface area contributed by atoms with Crippen molar-refractivity contribution in [3.8, 4) is 0 Å². The van der Waals surface area contributed by atoms with E-state index >= 15 is 0 Å². The second-order valence-corrected chi connectivity index (χ2v) is 11.3. The molecular formula is C34H42FN3O2. The third-order valence-corrected chi connectivity index (χ3v) is 7.69. The quantitative estimate of drug-likeness (QED) is 0.233. The van der Waals surface area contributed by atoms with Gasteiger partial charge in [-0.25, -0.2) is 4.39 Å². The molecule has 40 heavy (non-hydrogen) atoms. The van der Waals surface area contributed by atoms with Gasteiger partial charge in [0.2, 0.25) is 11.8 Å². The molecule has 2 amide bonds. The highest BCUT2D eigenvalue weighted by atomic mass is 19.1. The lowest BCUT2D eigenvalue weighted by molar-refractivity contribution is -0.141. The Morgan fingerprint density at radius 2 is 1.70 bits per heavy atom. The van der Waals surface area contributed by atoms with Crippen LogP contribution in [-0.2, 0) is 22.7 Å². The number of carbonyl (C=O) groups is 2. The molecule has 1 heterocycles. The van der Waals surface area contributed by atoms with Crippen LogP contribution in [0.5, 0.6) is 0 Å². The molecule has 0 bridgehead atoms. The van der Waals surface area contributed by atoms with Gasteiger partial charge in [0, 0.05) is 37.1 Å². The van der Waals surface area contributed by atoms with E-state index in [-0.39, 0.29) is 30.2 Å². The average molecular weight is 544 g/mol. The van der Waals surface area contributed by atoms with Crippen molar-refractivity contribution in [2.75, 3.05) is 13.1 Å². The van der Waals surface area contributed by atoms with E-state index in [4.69, 9.17) is 0 Å². The first-order valence-corrected chi connectivity index (χ1v) is 14.6. The number of nitrogens with zero attached hydrogens (tertiary/aromatic N) is 3. The second kappa shape index (κ2) is 14.6. The molecule has 1 aliphatic carbocycles. The van der Waals surface area contributed by atoms with Crippen molar-refractivity contribution in [1.29, 1.82) is 0 Å². The number of hydrogen-bond acceptors (Lipinski definition) is 2. The van der Waals surface area contributed by atoms with E-state index in [0.717, 1.165) is 48.9 Å². The van der Waals surface area contributed by atoms with Gasteiger partial charge in [-0.15, -0.1) is 0 Å². The van der Waals surface area contributed by atoms with Crippen molar-refractivity contribution in [2.24, 2.45) is 5.92 Å². The summed E-state index contributed by atoms with van der Waals surface area (Å²) in [5, 5.41) is 0. The largest absolute Gasteiger partial charge is 0.345 e. The summed E-state index contributed by atoms with van der Waals surface area (Å²) in [4.78, 5) is 31.0. The summed E-state index contributed by atoms with van der Waals surface area (Å²) in [7, 11) is 0. The van der Waals surface area contributed by atoms with Gasteiger partial charge in [-0.3, -0.25) is 9.59 Å². The average Bonchev–Trinajstić information content (AvgIpc) is 3.41. The first-order chi connectivity index (χ1) is 19.4. The van der Waals surface area contributed by atoms with Crippen LogP contribution in [-0.4, -0.2) is 45.3 Å². The van der Waals surface area contributed by atoms with Crippen molar-refractivity contribution in [2.45, 2.75) is 71.5 Å². The Kier molecular flexibility index (Phi) is 10.7. The summed E-state index contributed by atoms with van der Waals surface area (Å²) in [6, 6.07) is 20.5. The van der Waals surface area contributed by atoms with E-state index in [1.165, 1.54) is 18.6 Å². The summed E-state index contributed by atoms with van der Waals surface area (Å²) in [6.07, 6.45) is 11.6. The molecule has 5 nitrogen and oxygen atoms in total. The van der Waals surface area contributed by atoms with Crippen molar-refractivity contribution in [3.05, 3.63) is 102 Å². The van der Waals surface area contributed by atoms with E-state index in [0.29, 0.717) is 25.6 Å². The van der Waals surface area contributed by atoms with Crippen molar-refractivity contribution < 1.29 is 14.0 Å². The highest BCUT2D eigenvalue weighted by Crippen LogP contribution is 2.25. The monoisotopic (exact) mass is 543 g/mol. The molecule has 1 saturated carbocycles. The Labute approximate surface area is 238 Å². The fourth-order valence-electron chi connectivity index (χ4n) is 5.29. The number of amides is 2. The zero-order valence-electron chi connectivity index (χ0n) is 23.8. The molecule has 212 valence electrons. The molecule has 1 aliphatic rings. The number of hydrogen-bond donors (Lipinski definition) is 0. The normalized spacial score (nSPS) is 14.1. The zero-order valence-corrected chi connectivity index (χ0v) is 23.8. The minimum Gasteiger partial charge on any atom is -0.345 e. The van der Waals surface area contributed by atoms with Gasteiger partial charge in [0.15, 0.2) is 0 Å². The fourth-order valence-corrected chi connectivity index (χ4v) is 5.29. The lowest BCUT2D eigenvalue weighted by Gasteiger charge is -2.36. The predicted molar refractivity (Wildman–Crippen MR) is 159 cm³/mol. The maximum absolute atomic E-state index is 14.0. The minimum atomic E-state index is -0.249. The van der Waals surface area contributed by atoms with E-state index in [2.05, 4.69) is 24.5 Å². The van der Waals surface area contributed by atoms with Gasteiger partial charge < -0.3 is 14.4 Å². The molecule has 0 spiro atoms. The fraction of sp³-hybridized carbons (Fsp3) is 0.412. The maximum Gasteiger partial charge on any atom is 0.247 e. The number of rotatable bonds is 12. The molecule has 0 N–H and O–H groups in total. The Hall–Kier alpha value is -3.67. The molecule has 3 aromatic rings. The maximum atomic E-state index is 14.0. The van der Waals surface area contributed by atoms with Crippen LogP contribution < -0.4 is 0 Å². The van der Waals surface area contributed by atoms with Crippen LogP contribution >= 0.6 is 0 Å². The van der Waals surface area contributed by atoms with E-state index in [9.17, 15) is 14.0 Å². The van der Waals surface area contributed by atoms with E-state index in [1.54, 1.807) is 23.1 Å². The third-order valence-electron chi connectivity index (χ3n) is 7.69. The van der Waals surface area contributed by atoms with Crippen LogP contribution in [0.15, 0.2) is 79.0 Å². The summed E-state index contributed by atoms with van der Waals surface area (Å²) >= 11 is 0. The molecule has 2 aromatic carbocycles. The van der Waals surface area contributed by atoms with Crippen molar-refractivity contribution >= 4 is 17.9 Å². The standard InChI is InChI=1S/C34H42FN3O2/c1-27(2)21-23-37(33(39)20-17-28-10-5-3-6-11-28)26-34(40)38(31-12-7-4-8-13-31)25-32-14-9-22-36(32)24-29-15-18-30(35)19-16-29/h3,5-6,9-11,14-20,22,27,31H,4,7-8,12-13,21,23-26H2,1-2H3. The number of halogens is 1. The number of carbonyl (C=O) groups excluding carboxylic acids is 2. The number of benzene rings is 2. The first kappa shape index (κ1) is 29.3. The molecule has 1 aromatic heterocycles. The summed E-state index contributed by atoms with van der Waals surface area (Å²) in [6.45, 7) is 5.98. The lowest BCUT2D eigenvalue weighted by Crippen LogP contribution is -2.47. The molecule has 0 radical (unpaired) electrons.